The Morgan fingerprint density at radius 1 is 1.20 bits per heavy atom. The van der Waals surface area contributed by atoms with Crippen LogP contribution in [0.5, 0.6) is 0 Å². The number of piperidine rings is 1. The van der Waals surface area contributed by atoms with Gasteiger partial charge in [-0.25, -0.2) is 13.8 Å². The Kier molecular flexibility index (Phi) is 6.38. The van der Waals surface area contributed by atoms with E-state index >= 15 is 0 Å². The minimum atomic E-state index is -2.60. The van der Waals surface area contributed by atoms with Crippen LogP contribution in [0.3, 0.4) is 0 Å². The van der Waals surface area contributed by atoms with Crippen molar-refractivity contribution in [2.45, 2.75) is 50.5 Å². The lowest BCUT2D eigenvalue weighted by molar-refractivity contribution is -0.0663. The van der Waals surface area contributed by atoms with Crippen LogP contribution in [0.15, 0.2) is 24.5 Å². The van der Waals surface area contributed by atoms with Gasteiger partial charge < -0.3 is 16.4 Å². The maximum Gasteiger partial charge on any atom is 0.260 e. The van der Waals surface area contributed by atoms with Gasteiger partial charge in [0.15, 0.2) is 0 Å². The number of halogens is 2. The van der Waals surface area contributed by atoms with Crippen LogP contribution in [0, 0.1) is 0 Å². The average molecular weight is 418 g/mol. The van der Waals surface area contributed by atoms with Gasteiger partial charge in [-0.15, -0.1) is 0 Å². The van der Waals surface area contributed by atoms with Gasteiger partial charge in [0.1, 0.15) is 5.82 Å². The number of nitrogens with zero attached hydrogens (tertiary/aromatic N) is 4. The molecule has 0 aromatic carbocycles. The molecule has 30 heavy (non-hydrogen) atoms. The largest absolute Gasteiger partial charge is 0.370 e. The fourth-order valence-electron chi connectivity index (χ4n) is 3.73. The van der Waals surface area contributed by atoms with E-state index in [0.717, 1.165) is 35.7 Å². The highest BCUT2D eigenvalue weighted by molar-refractivity contribution is 5.56. The van der Waals surface area contributed by atoms with Crippen LogP contribution >= 0.6 is 0 Å². The summed E-state index contributed by atoms with van der Waals surface area (Å²) in [6.07, 6.45) is 7.30. The van der Waals surface area contributed by atoms with Gasteiger partial charge >= 0.3 is 0 Å². The van der Waals surface area contributed by atoms with E-state index in [1.165, 1.54) is 12.8 Å². The minimum Gasteiger partial charge on any atom is -0.370 e. The number of rotatable bonds is 9. The van der Waals surface area contributed by atoms with Crippen molar-refractivity contribution in [2.24, 2.45) is 5.73 Å². The number of alkyl halides is 2. The Labute approximate surface area is 175 Å². The van der Waals surface area contributed by atoms with Crippen molar-refractivity contribution in [1.82, 2.24) is 19.9 Å². The molecule has 0 unspecified atom stereocenters. The first-order valence-corrected chi connectivity index (χ1v) is 10.7. The van der Waals surface area contributed by atoms with Crippen LogP contribution in [-0.4, -0.2) is 52.0 Å². The van der Waals surface area contributed by atoms with Crippen LogP contribution in [0.4, 0.5) is 26.2 Å². The number of nitrogens with two attached hydrogens (primary N) is 1. The summed E-state index contributed by atoms with van der Waals surface area (Å²) in [6.45, 7) is 2.32. The number of hydrogen-bond donors (Lipinski definition) is 3. The maximum absolute atomic E-state index is 13.6. The third-order valence-electron chi connectivity index (χ3n) is 5.45. The van der Waals surface area contributed by atoms with Gasteiger partial charge in [0.05, 0.1) is 24.1 Å². The second-order valence-electron chi connectivity index (χ2n) is 8.17. The van der Waals surface area contributed by atoms with Gasteiger partial charge in [0.25, 0.3) is 5.92 Å². The van der Waals surface area contributed by atoms with Crippen LogP contribution in [0.2, 0.25) is 0 Å². The van der Waals surface area contributed by atoms with Crippen molar-refractivity contribution in [3.05, 3.63) is 35.8 Å². The molecule has 3 heterocycles. The SMILES string of the molecule is NCCCNc1nc(Nc2ccc(CN3CCCC(F)(F)C3)nc2)ncc1C1CC1. The first kappa shape index (κ1) is 20.9. The van der Waals surface area contributed by atoms with E-state index in [1.54, 1.807) is 11.1 Å². The van der Waals surface area contributed by atoms with Crippen molar-refractivity contribution < 1.29 is 8.78 Å². The van der Waals surface area contributed by atoms with Gasteiger partial charge in [-0.1, -0.05) is 0 Å². The van der Waals surface area contributed by atoms with Gasteiger partial charge in [-0.2, -0.15) is 4.98 Å². The lowest BCUT2D eigenvalue weighted by Gasteiger charge is -2.32. The highest BCUT2D eigenvalue weighted by atomic mass is 19.3. The lowest BCUT2D eigenvalue weighted by atomic mass is 10.1. The summed E-state index contributed by atoms with van der Waals surface area (Å²) in [4.78, 5) is 15.3. The van der Waals surface area contributed by atoms with Crippen LogP contribution in [-0.2, 0) is 6.54 Å². The molecule has 9 heteroatoms. The predicted octanol–water partition coefficient (Wildman–Crippen LogP) is 3.48. The van der Waals surface area contributed by atoms with Gasteiger partial charge in [0, 0.05) is 31.3 Å². The number of anilines is 3. The third kappa shape index (κ3) is 5.60. The van der Waals surface area contributed by atoms with Crippen molar-refractivity contribution in [3.8, 4) is 0 Å². The molecule has 0 amide bonds. The maximum atomic E-state index is 13.6. The predicted molar refractivity (Wildman–Crippen MR) is 113 cm³/mol. The minimum absolute atomic E-state index is 0.0254. The summed E-state index contributed by atoms with van der Waals surface area (Å²) in [7, 11) is 0. The molecule has 4 N–H and O–H groups in total. The number of pyridine rings is 1. The number of likely N-dealkylation sites (tertiary alicyclic amines) is 1. The Balaban J connectivity index is 1.38. The molecule has 4 rings (SSSR count). The van der Waals surface area contributed by atoms with E-state index in [4.69, 9.17) is 5.73 Å². The fourth-order valence-corrected chi connectivity index (χ4v) is 3.73. The summed E-state index contributed by atoms with van der Waals surface area (Å²) in [5.74, 6) is -0.693. The molecule has 0 atom stereocenters. The van der Waals surface area contributed by atoms with Gasteiger partial charge in [0.2, 0.25) is 5.95 Å². The van der Waals surface area contributed by atoms with Crippen LogP contribution in [0.25, 0.3) is 0 Å². The zero-order valence-electron chi connectivity index (χ0n) is 17.1. The average Bonchev–Trinajstić information content (AvgIpc) is 3.54. The van der Waals surface area contributed by atoms with Crippen LogP contribution in [0.1, 0.15) is 49.3 Å². The highest BCUT2D eigenvalue weighted by Gasteiger charge is 2.35. The molecule has 1 saturated carbocycles. The molecular weight excluding hydrogens is 388 g/mol. The lowest BCUT2D eigenvalue weighted by Crippen LogP contribution is -2.42. The monoisotopic (exact) mass is 417 g/mol. The molecule has 0 spiro atoms. The van der Waals surface area contributed by atoms with Gasteiger partial charge in [-0.3, -0.25) is 9.88 Å². The Morgan fingerprint density at radius 2 is 2.07 bits per heavy atom. The molecule has 0 bridgehead atoms. The third-order valence-corrected chi connectivity index (χ3v) is 5.45. The molecule has 162 valence electrons. The van der Waals surface area contributed by atoms with Gasteiger partial charge in [-0.05, 0) is 56.8 Å². The first-order chi connectivity index (χ1) is 14.5. The first-order valence-electron chi connectivity index (χ1n) is 10.7. The summed E-state index contributed by atoms with van der Waals surface area (Å²) in [5, 5.41) is 6.55. The van der Waals surface area contributed by atoms with Crippen molar-refractivity contribution in [3.63, 3.8) is 0 Å². The van der Waals surface area contributed by atoms with E-state index in [9.17, 15) is 8.78 Å². The molecular formula is C21H29F2N7. The van der Waals surface area contributed by atoms with Crippen LogP contribution < -0.4 is 16.4 Å². The summed E-state index contributed by atoms with van der Waals surface area (Å²) in [5.41, 5.74) is 8.27. The Hall–Kier alpha value is -2.39. The Bertz CT molecular complexity index is 840. The van der Waals surface area contributed by atoms with E-state index in [-0.39, 0.29) is 13.0 Å². The molecule has 2 fully saturated rings. The van der Waals surface area contributed by atoms with Crippen molar-refractivity contribution in [2.75, 3.05) is 36.8 Å². The number of nitrogens with one attached hydrogen (secondary N) is 2. The second kappa shape index (κ2) is 9.18. The Morgan fingerprint density at radius 3 is 2.77 bits per heavy atom. The quantitative estimate of drug-likeness (QED) is 0.538. The zero-order valence-corrected chi connectivity index (χ0v) is 17.1. The van der Waals surface area contributed by atoms with E-state index in [1.807, 2.05) is 18.3 Å². The van der Waals surface area contributed by atoms with E-state index in [0.29, 0.717) is 37.9 Å². The summed E-state index contributed by atoms with van der Waals surface area (Å²) >= 11 is 0. The smallest absolute Gasteiger partial charge is 0.260 e. The van der Waals surface area contributed by atoms with E-state index < -0.39 is 5.92 Å². The normalized spacial score (nSPS) is 18.9. The molecule has 2 aromatic heterocycles. The number of hydrogen-bond acceptors (Lipinski definition) is 7. The molecule has 1 aliphatic carbocycles. The fraction of sp³-hybridized carbons (Fsp3) is 0.571. The number of aromatic nitrogens is 3. The van der Waals surface area contributed by atoms with E-state index in [2.05, 4.69) is 25.6 Å². The topological polar surface area (TPSA) is 92.0 Å². The molecule has 2 aliphatic rings. The van der Waals surface area contributed by atoms with Crippen molar-refractivity contribution >= 4 is 17.5 Å². The molecule has 2 aromatic rings. The molecule has 0 radical (unpaired) electrons. The molecule has 1 saturated heterocycles. The highest BCUT2D eigenvalue weighted by Crippen LogP contribution is 2.42. The second-order valence-corrected chi connectivity index (χ2v) is 8.17. The summed E-state index contributed by atoms with van der Waals surface area (Å²) < 4.78 is 27.2. The standard InChI is InChI=1S/C21H29F2N7/c22-21(23)7-1-10-30(14-21)13-17-6-5-16(11-26-17)28-20-27-12-18(15-3-4-15)19(29-20)25-9-2-8-24/h5-6,11-12,15H,1-4,7-10,13-14,24H2,(H2,25,27,28,29). The van der Waals surface area contributed by atoms with Crippen molar-refractivity contribution in [1.29, 1.82) is 0 Å². The zero-order chi connectivity index (χ0) is 21.0. The molecule has 1 aliphatic heterocycles. The summed E-state index contributed by atoms with van der Waals surface area (Å²) in [6, 6.07) is 3.73. The molecule has 7 nitrogen and oxygen atoms in total.